The number of β-amino-alcohol motifs (C(OH)–C–C–N with tert-alkyl or cyclic N) is 1. The van der Waals surface area contributed by atoms with Crippen LogP contribution in [0, 0.1) is 25.6 Å². The Morgan fingerprint density at radius 2 is 1.70 bits per heavy atom. The second-order valence-corrected chi connectivity index (χ2v) is 24.6. The molecule has 446 valence electrons. The molecule has 3 fully saturated rings. The molecule has 3 aromatic heterocycles. The van der Waals surface area contributed by atoms with Crippen LogP contribution in [0.2, 0.25) is 5.02 Å². The highest BCUT2D eigenvalue weighted by Crippen LogP contribution is 2.43. The summed E-state index contributed by atoms with van der Waals surface area (Å²) < 4.78 is 47.8. The van der Waals surface area contributed by atoms with Crippen LogP contribution in [-0.4, -0.2) is 158 Å². The maximum Gasteiger partial charge on any atom is 0.410 e. The zero-order chi connectivity index (χ0) is 59.6. The van der Waals surface area contributed by atoms with E-state index in [1.54, 1.807) is 35.5 Å². The molecule has 3 saturated heterocycles. The van der Waals surface area contributed by atoms with Gasteiger partial charge in [0.05, 0.1) is 45.6 Å². The van der Waals surface area contributed by atoms with E-state index in [1.807, 2.05) is 95.8 Å². The predicted molar refractivity (Wildman–Crippen MR) is 319 cm³/mol. The predicted octanol–water partition coefficient (Wildman–Crippen LogP) is 10.1. The molecule has 0 aliphatic carbocycles. The van der Waals surface area contributed by atoms with Gasteiger partial charge in [-0.15, -0.1) is 11.3 Å². The smallest absolute Gasteiger partial charge is 0.410 e. The summed E-state index contributed by atoms with van der Waals surface area (Å²) in [5.74, 6) is -0.775. The molecule has 7 aromatic rings. The van der Waals surface area contributed by atoms with E-state index in [1.165, 1.54) is 22.3 Å². The van der Waals surface area contributed by atoms with E-state index in [4.69, 9.17) is 45.0 Å². The number of likely N-dealkylation sites (tertiary alicyclic amines) is 2. The fourth-order valence-electron chi connectivity index (χ4n) is 11.4. The molecule has 0 saturated carbocycles. The number of nitrogens with one attached hydrogen (secondary N) is 1. The normalized spacial score (nSPS) is 18.0. The molecule has 3 amide bonds. The van der Waals surface area contributed by atoms with Gasteiger partial charge in [-0.25, -0.2) is 14.2 Å². The van der Waals surface area contributed by atoms with Crippen LogP contribution >= 0.6 is 22.9 Å². The largest absolute Gasteiger partial charge is 0.508 e. The zero-order valence-electron chi connectivity index (χ0n) is 48.7. The molecule has 3 N–H and O–H groups in total. The van der Waals surface area contributed by atoms with Crippen LogP contribution in [0.5, 0.6) is 17.5 Å². The van der Waals surface area contributed by atoms with E-state index in [9.17, 15) is 24.6 Å². The third-order valence-corrected chi connectivity index (χ3v) is 16.8. The third-order valence-electron chi connectivity index (χ3n) is 15.5. The highest BCUT2D eigenvalue weighted by molar-refractivity contribution is 7.13. The van der Waals surface area contributed by atoms with Gasteiger partial charge >= 0.3 is 12.1 Å². The van der Waals surface area contributed by atoms with Gasteiger partial charge in [-0.1, -0.05) is 67.0 Å². The van der Waals surface area contributed by atoms with Gasteiger partial charge in [0, 0.05) is 87.9 Å². The van der Waals surface area contributed by atoms with E-state index in [0.717, 1.165) is 53.0 Å². The number of benzene rings is 4. The minimum absolute atomic E-state index is 0.00802. The SMILES string of the molecule is Cc1cc([C@H](C(=O)N2C[C@H](O)C[C@H]2C(=O)NCc2ccc(-c3scnc3C)cc2OCCOC2CCN(C[C@@H](C)Oc3nc(N4CCN(C(=O)OC(C)(C)C)CC4)c4cc(Cl)c(-c5cc(O)cc6ccccc56)c(F)c4n3)CC2)C(C)C)on1. The molecule has 10 rings (SSSR count). The molecule has 0 unspecified atom stereocenters. The Morgan fingerprint density at radius 1 is 0.940 bits per heavy atom. The molecule has 84 heavy (non-hydrogen) atoms. The Bertz CT molecular complexity index is 3520. The summed E-state index contributed by atoms with van der Waals surface area (Å²) in [5.41, 5.74) is 4.87. The molecule has 19 nitrogen and oxygen atoms in total. The number of aryl methyl sites for hydroxylation is 2. The Hall–Kier alpha value is -7.17. The Labute approximate surface area is 497 Å². The van der Waals surface area contributed by atoms with Gasteiger partial charge in [-0.2, -0.15) is 9.97 Å². The minimum Gasteiger partial charge on any atom is -0.508 e. The highest BCUT2D eigenvalue weighted by atomic mass is 35.5. The van der Waals surface area contributed by atoms with Crippen LogP contribution in [0.25, 0.3) is 43.2 Å². The summed E-state index contributed by atoms with van der Waals surface area (Å²) in [6.07, 6.45) is -0.0536. The van der Waals surface area contributed by atoms with Crippen LogP contribution in [0.4, 0.5) is 15.0 Å². The van der Waals surface area contributed by atoms with Gasteiger partial charge < -0.3 is 53.7 Å². The molecule has 0 bridgehead atoms. The monoisotopic (exact) mass is 1190 g/mol. The molecule has 4 atom stereocenters. The first-order valence-electron chi connectivity index (χ1n) is 28.7. The number of amides is 3. The fourth-order valence-corrected chi connectivity index (χ4v) is 12.5. The van der Waals surface area contributed by atoms with Crippen molar-refractivity contribution in [2.45, 2.75) is 117 Å². The molecule has 3 aliphatic rings. The van der Waals surface area contributed by atoms with E-state index in [0.29, 0.717) is 78.7 Å². The Balaban J connectivity index is 0.773. The lowest BCUT2D eigenvalue weighted by Gasteiger charge is -2.36. The molecule has 3 aliphatic heterocycles. The molecular formula is C62H73ClFN9O10S. The Kier molecular flexibility index (Phi) is 18.3. The first-order valence-corrected chi connectivity index (χ1v) is 29.9. The average Bonchev–Trinajstić information content (AvgIpc) is 1.74. The number of rotatable bonds is 18. The number of phenols is 1. The number of piperidine rings is 1. The van der Waals surface area contributed by atoms with Gasteiger partial charge in [0.2, 0.25) is 11.8 Å². The summed E-state index contributed by atoms with van der Waals surface area (Å²) in [6, 6.07) is 18.9. The summed E-state index contributed by atoms with van der Waals surface area (Å²) in [5, 5.41) is 30.4. The number of hydrogen-bond acceptors (Lipinski definition) is 17. The molecule has 6 heterocycles. The fraction of sp³-hybridized carbons (Fsp3) is 0.468. The first kappa shape index (κ1) is 60.0. The van der Waals surface area contributed by atoms with Gasteiger partial charge in [-0.3, -0.25) is 14.5 Å². The lowest BCUT2D eigenvalue weighted by atomic mass is 9.91. The number of aromatic nitrogens is 4. The topological polar surface area (TPSA) is 218 Å². The van der Waals surface area contributed by atoms with Gasteiger partial charge in [0.1, 0.15) is 58.9 Å². The molecular weight excluding hydrogens is 1120 g/mol. The number of piperazine rings is 1. The van der Waals surface area contributed by atoms with Crippen molar-refractivity contribution in [3.05, 3.63) is 106 Å². The number of aliphatic hydroxyl groups excluding tert-OH is 1. The van der Waals surface area contributed by atoms with E-state index in [-0.39, 0.29) is 77.8 Å². The second-order valence-electron chi connectivity index (χ2n) is 23.4. The summed E-state index contributed by atoms with van der Waals surface area (Å²) in [4.78, 5) is 63.4. The number of aromatic hydroxyl groups is 1. The van der Waals surface area contributed by atoms with Crippen LogP contribution < -0.4 is 19.7 Å². The number of anilines is 1. The summed E-state index contributed by atoms with van der Waals surface area (Å²) in [7, 11) is 0. The van der Waals surface area contributed by atoms with Crippen LogP contribution in [0.1, 0.15) is 89.4 Å². The zero-order valence-corrected chi connectivity index (χ0v) is 50.3. The lowest BCUT2D eigenvalue weighted by molar-refractivity contribution is -0.141. The third kappa shape index (κ3) is 13.7. The summed E-state index contributed by atoms with van der Waals surface area (Å²) in [6.45, 7) is 19.2. The number of aliphatic hydroxyl groups is 1. The number of ether oxygens (including phenoxy) is 4. The number of hydrogen-bond donors (Lipinski definition) is 3. The average molecular weight is 1190 g/mol. The van der Waals surface area contributed by atoms with E-state index < -0.39 is 41.7 Å². The van der Waals surface area contributed by atoms with Gasteiger partial charge in [0.15, 0.2) is 5.82 Å². The first-order chi connectivity index (χ1) is 40.2. The number of halogens is 2. The summed E-state index contributed by atoms with van der Waals surface area (Å²) >= 11 is 8.52. The van der Waals surface area contributed by atoms with Gasteiger partial charge in [-0.05, 0) is 106 Å². The molecule has 4 aromatic carbocycles. The number of phenolic OH excluding ortho intramolecular Hbond substituents is 1. The van der Waals surface area contributed by atoms with Crippen molar-refractivity contribution in [3.63, 3.8) is 0 Å². The molecule has 0 radical (unpaired) electrons. The number of carbonyl (C=O) groups is 3. The quantitative estimate of drug-likeness (QED) is 0.0681. The maximum absolute atomic E-state index is 17.3. The van der Waals surface area contributed by atoms with Crippen molar-refractivity contribution in [2.75, 3.05) is 70.5 Å². The van der Waals surface area contributed by atoms with Crippen molar-refractivity contribution in [3.8, 4) is 39.1 Å². The van der Waals surface area contributed by atoms with Gasteiger partial charge in [0.25, 0.3) is 0 Å². The Morgan fingerprint density at radius 3 is 2.40 bits per heavy atom. The number of nitrogens with zero attached hydrogens (tertiary/aromatic N) is 8. The minimum atomic E-state index is -0.878. The van der Waals surface area contributed by atoms with Crippen molar-refractivity contribution in [2.24, 2.45) is 5.92 Å². The van der Waals surface area contributed by atoms with Crippen molar-refractivity contribution < 1.29 is 52.5 Å². The lowest BCUT2D eigenvalue weighted by Crippen LogP contribution is -2.50. The number of thiazole rings is 1. The van der Waals surface area contributed by atoms with E-state index >= 15 is 4.39 Å². The molecule has 0 spiro atoms. The van der Waals surface area contributed by atoms with Crippen LogP contribution in [0.3, 0.4) is 0 Å². The van der Waals surface area contributed by atoms with E-state index in [2.05, 4.69) is 20.4 Å². The highest BCUT2D eigenvalue weighted by Gasteiger charge is 2.43. The van der Waals surface area contributed by atoms with Crippen molar-refractivity contribution >= 4 is 68.3 Å². The second kappa shape index (κ2) is 25.6. The van der Waals surface area contributed by atoms with Crippen LogP contribution in [0.15, 0.2) is 76.8 Å². The standard InChI is InChI=1S/C62H73ClFN9O10S/c1-35(2)52(51-25-36(3)69-83-51)59(77)73-33-43(75)29-49(73)58(76)65-31-41-14-13-40(56-38(5)66-34-84-56)27-50(41)80-24-23-79-44-15-17-70(18-16-44)32-37(4)81-60-67-55-47(57(68-60)71-19-21-72(22-20-71)61(78)82-62(6,7)8)30-48(63)53(54(55)64)46-28-42(74)26-39-11-9-10-12-45(39)46/h9-14,25-28,30,34-35,37,43-44,49,52,74-75H,15-24,29,31-33H2,1-8H3,(H,65,76)/t37-,43-,49+,52-/m1/s1. The number of fused-ring (bicyclic) bond motifs is 2. The number of carbonyl (C=O) groups excluding carboxylic acids is 3. The molecule has 22 heteroatoms. The van der Waals surface area contributed by atoms with Crippen molar-refractivity contribution in [1.29, 1.82) is 0 Å². The van der Waals surface area contributed by atoms with Crippen LogP contribution in [-0.2, 0) is 25.6 Å². The van der Waals surface area contributed by atoms with Crippen molar-refractivity contribution in [1.82, 2.24) is 40.1 Å². The maximum atomic E-state index is 17.3.